The van der Waals surface area contributed by atoms with Crippen LogP contribution in [0.25, 0.3) is 10.9 Å². The van der Waals surface area contributed by atoms with Crippen LogP contribution in [-0.2, 0) is 9.47 Å². The number of pyridine rings is 1. The average Bonchev–Trinajstić information content (AvgIpc) is 3.55. The number of fused-ring (bicyclic) bond motifs is 1. The zero-order valence-corrected chi connectivity index (χ0v) is 20.9. The number of carbonyl (C=O) groups is 2. The molecule has 0 spiro atoms. The minimum absolute atomic E-state index is 0.0622. The summed E-state index contributed by atoms with van der Waals surface area (Å²) in [5, 5.41) is -0.179. The van der Waals surface area contributed by atoms with Gasteiger partial charge in [-0.05, 0) is 53.0 Å². The van der Waals surface area contributed by atoms with Crippen LogP contribution >= 0.6 is 0 Å². The number of hydrogen-bond acceptors (Lipinski definition) is 6. The SMILES string of the molecule is C=C1C[C@@H](COc2c(F)c(F)cc3c(=O)c(C(=O)OCC)cn(C4CC4)c23)N(C(=O)OC(C)(C)C)C1. The molecule has 1 amide bonds. The molecule has 1 aliphatic carbocycles. The predicted molar refractivity (Wildman–Crippen MR) is 128 cm³/mol. The molecule has 1 aromatic carbocycles. The van der Waals surface area contributed by atoms with E-state index in [4.69, 9.17) is 14.2 Å². The molecule has 8 nitrogen and oxygen atoms in total. The summed E-state index contributed by atoms with van der Waals surface area (Å²) in [5.41, 5.74) is -0.901. The number of nitrogens with zero attached hydrogens (tertiary/aromatic N) is 2. The van der Waals surface area contributed by atoms with Crippen LogP contribution in [0, 0.1) is 11.6 Å². The minimum atomic E-state index is -1.28. The number of esters is 1. The molecule has 2 fully saturated rings. The molecule has 2 heterocycles. The molecule has 2 aromatic rings. The van der Waals surface area contributed by atoms with Crippen LogP contribution in [0.1, 0.15) is 63.4 Å². The maximum atomic E-state index is 15.1. The number of likely N-dealkylation sites (tertiary alicyclic amines) is 1. The van der Waals surface area contributed by atoms with Crippen molar-refractivity contribution < 1.29 is 32.6 Å². The van der Waals surface area contributed by atoms with Gasteiger partial charge in [0.2, 0.25) is 11.2 Å². The van der Waals surface area contributed by atoms with Crippen LogP contribution in [0.15, 0.2) is 29.2 Å². The summed E-state index contributed by atoms with van der Waals surface area (Å²) in [5.74, 6) is -3.80. The molecule has 1 aromatic heterocycles. The molecule has 0 radical (unpaired) electrons. The maximum Gasteiger partial charge on any atom is 0.410 e. The van der Waals surface area contributed by atoms with E-state index in [9.17, 15) is 18.8 Å². The molecule has 0 N–H and O–H groups in total. The lowest BCUT2D eigenvalue weighted by atomic mass is 10.1. The Labute approximate surface area is 207 Å². The molecule has 36 heavy (non-hydrogen) atoms. The standard InChI is InChI=1S/C26H30F2N2O6/c1-6-34-24(32)18-12-29(15-7-8-15)21-17(22(18)31)10-19(27)20(28)23(21)35-13-16-9-14(2)11-30(16)25(33)36-26(3,4)5/h10,12,15-16H,2,6-9,11,13H2,1,3-5H3/t16-/m0/s1. The van der Waals surface area contributed by atoms with Gasteiger partial charge in [0.25, 0.3) is 0 Å². The van der Waals surface area contributed by atoms with Gasteiger partial charge in [0.1, 0.15) is 17.8 Å². The first-order valence-electron chi connectivity index (χ1n) is 11.9. The fourth-order valence-corrected chi connectivity index (χ4v) is 4.30. The predicted octanol–water partition coefficient (Wildman–Crippen LogP) is 4.74. The highest BCUT2D eigenvalue weighted by Gasteiger charge is 2.36. The van der Waals surface area contributed by atoms with E-state index >= 15 is 4.39 Å². The molecule has 1 saturated carbocycles. The quantitative estimate of drug-likeness (QED) is 0.417. The zero-order chi connectivity index (χ0) is 26.4. The fraction of sp³-hybridized carbons (Fsp3) is 0.500. The topological polar surface area (TPSA) is 87.1 Å². The van der Waals surface area contributed by atoms with E-state index in [-0.39, 0.29) is 42.3 Å². The Kier molecular flexibility index (Phi) is 6.81. The van der Waals surface area contributed by atoms with E-state index in [0.717, 1.165) is 24.5 Å². The van der Waals surface area contributed by atoms with Gasteiger partial charge in [-0.3, -0.25) is 9.69 Å². The highest BCUT2D eigenvalue weighted by Crippen LogP contribution is 2.41. The molecule has 2 aliphatic rings. The summed E-state index contributed by atoms with van der Waals surface area (Å²) in [6, 6.07) is 0.161. The van der Waals surface area contributed by atoms with Crippen molar-refractivity contribution in [1.29, 1.82) is 0 Å². The van der Waals surface area contributed by atoms with Crippen molar-refractivity contribution in [2.75, 3.05) is 19.8 Å². The zero-order valence-electron chi connectivity index (χ0n) is 20.9. The number of rotatable bonds is 6. The lowest BCUT2D eigenvalue weighted by Crippen LogP contribution is -2.42. The summed E-state index contributed by atoms with van der Waals surface area (Å²) < 4.78 is 47.6. The molecule has 1 atom stereocenters. The van der Waals surface area contributed by atoms with Gasteiger partial charge in [0, 0.05) is 18.8 Å². The van der Waals surface area contributed by atoms with Crippen LogP contribution in [0.5, 0.6) is 5.75 Å². The molecule has 0 unspecified atom stereocenters. The highest BCUT2D eigenvalue weighted by atomic mass is 19.2. The van der Waals surface area contributed by atoms with E-state index in [2.05, 4.69) is 6.58 Å². The van der Waals surface area contributed by atoms with Gasteiger partial charge >= 0.3 is 12.1 Å². The van der Waals surface area contributed by atoms with Crippen LogP contribution in [0.4, 0.5) is 13.6 Å². The first-order chi connectivity index (χ1) is 16.9. The van der Waals surface area contributed by atoms with E-state index in [1.165, 1.54) is 11.1 Å². The number of carbonyl (C=O) groups excluding carboxylic acids is 2. The van der Waals surface area contributed by atoms with Crippen molar-refractivity contribution in [1.82, 2.24) is 9.47 Å². The third-order valence-corrected chi connectivity index (χ3v) is 6.01. The molecule has 0 bridgehead atoms. The molecule has 4 rings (SSSR count). The van der Waals surface area contributed by atoms with Gasteiger partial charge < -0.3 is 18.8 Å². The fourth-order valence-electron chi connectivity index (χ4n) is 4.30. The Morgan fingerprint density at radius 2 is 1.92 bits per heavy atom. The van der Waals surface area contributed by atoms with Crippen molar-refractivity contribution in [2.24, 2.45) is 0 Å². The highest BCUT2D eigenvalue weighted by molar-refractivity contribution is 5.95. The van der Waals surface area contributed by atoms with E-state index in [0.29, 0.717) is 6.42 Å². The van der Waals surface area contributed by atoms with Crippen LogP contribution < -0.4 is 10.2 Å². The summed E-state index contributed by atoms with van der Waals surface area (Å²) in [4.78, 5) is 39.6. The second-order valence-electron chi connectivity index (χ2n) is 10.2. The van der Waals surface area contributed by atoms with Gasteiger partial charge in [0.15, 0.2) is 11.6 Å². The van der Waals surface area contributed by atoms with Gasteiger partial charge in [-0.15, -0.1) is 0 Å². The Bertz CT molecular complexity index is 1290. The Hall–Kier alpha value is -3.43. The molecule has 194 valence electrons. The van der Waals surface area contributed by atoms with Gasteiger partial charge in [-0.1, -0.05) is 12.2 Å². The number of aromatic nitrogens is 1. The first kappa shape index (κ1) is 25.7. The molecule has 10 heteroatoms. The van der Waals surface area contributed by atoms with Crippen molar-refractivity contribution in [3.05, 3.63) is 51.8 Å². The number of benzene rings is 1. The largest absolute Gasteiger partial charge is 0.486 e. The second kappa shape index (κ2) is 9.55. The molecular weight excluding hydrogens is 474 g/mol. The summed E-state index contributed by atoms with van der Waals surface area (Å²) in [6.45, 7) is 10.9. The second-order valence-corrected chi connectivity index (χ2v) is 10.2. The van der Waals surface area contributed by atoms with Crippen molar-refractivity contribution in [2.45, 2.75) is 64.6 Å². The van der Waals surface area contributed by atoms with Crippen LogP contribution in [0.2, 0.25) is 0 Å². The van der Waals surface area contributed by atoms with Crippen LogP contribution in [-0.4, -0.2) is 52.9 Å². The number of halogens is 2. The number of ether oxygens (including phenoxy) is 3. The van der Waals surface area contributed by atoms with E-state index < -0.39 is 46.5 Å². The number of amides is 1. The van der Waals surface area contributed by atoms with Gasteiger partial charge in [-0.2, -0.15) is 4.39 Å². The third kappa shape index (κ3) is 5.08. The molecular formula is C26H30F2N2O6. The van der Waals surface area contributed by atoms with Gasteiger partial charge in [-0.25, -0.2) is 14.0 Å². The monoisotopic (exact) mass is 504 g/mol. The molecule has 1 aliphatic heterocycles. The molecule has 1 saturated heterocycles. The van der Waals surface area contributed by atoms with E-state index in [1.807, 2.05) is 0 Å². The van der Waals surface area contributed by atoms with Crippen molar-refractivity contribution in [3.63, 3.8) is 0 Å². The van der Waals surface area contributed by atoms with Crippen LogP contribution in [0.3, 0.4) is 0 Å². The smallest absolute Gasteiger partial charge is 0.410 e. The van der Waals surface area contributed by atoms with Crippen molar-refractivity contribution >= 4 is 23.0 Å². The van der Waals surface area contributed by atoms with E-state index in [1.54, 1.807) is 32.3 Å². The average molecular weight is 505 g/mol. The minimum Gasteiger partial charge on any atom is -0.486 e. The summed E-state index contributed by atoms with van der Waals surface area (Å²) in [6.07, 6.45) is 2.65. The third-order valence-electron chi connectivity index (χ3n) is 6.01. The Morgan fingerprint density at radius 3 is 2.53 bits per heavy atom. The normalized spacial score (nSPS) is 18.0. The maximum absolute atomic E-state index is 15.1. The summed E-state index contributed by atoms with van der Waals surface area (Å²) in [7, 11) is 0. The first-order valence-corrected chi connectivity index (χ1v) is 11.9. The lowest BCUT2D eigenvalue weighted by molar-refractivity contribution is 0.0189. The van der Waals surface area contributed by atoms with Crippen molar-refractivity contribution in [3.8, 4) is 5.75 Å². The Balaban J connectivity index is 1.74. The summed E-state index contributed by atoms with van der Waals surface area (Å²) >= 11 is 0. The number of hydrogen-bond donors (Lipinski definition) is 0. The lowest BCUT2D eigenvalue weighted by Gasteiger charge is -2.28. The van der Waals surface area contributed by atoms with Gasteiger partial charge in [0.05, 0.1) is 23.6 Å². The Morgan fingerprint density at radius 1 is 1.22 bits per heavy atom.